The van der Waals surface area contributed by atoms with Gasteiger partial charge in [0.2, 0.25) is 5.91 Å². The third kappa shape index (κ3) is 2.67. The van der Waals surface area contributed by atoms with Gasteiger partial charge < -0.3 is 10.1 Å². The van der Waals surface area contributed by atoms with E-state index in [2.05, 4.69) is 10.6 Å². The number of fused-ring (bicyclic) bond motifs is 1. The number of nitrogens with one attached hydrogen (secondary N) is 2. The minimum Gasteiger partial charge on any atom is -0.493 e. The van der Waals surface area contributed by atoms with E-state index in [0.29, 0.717) is 13.0 Å². The Bertz CT molecular complexity index is 652. The average Bonchev–Trinajstić information content (AvgIpc) is 2.55. The summed E-state index contributed by atoms with van der Waals surface area (Å²) in [4.78, 5) is 25.0. The molecule has 2 N–H and O–H groups in total. The minimum absolute atomic E-state index is 0.207. The van der Waals surface area contributed by atoms with Crippen molar-refractivity contribution in [1.82, 2.24) is 10.6 Å². The van der Waals surface area contributed by atoms with Crippen molar-refractivity contribution >= 4 is 17.6 Å². The van der Waals surface area contributed by atoms with E-state index in [-0.39, 0.29) is 17.4 Å². The number of rotatable bonds is 1. The predicted octanol–water partition coefficient (Wildman–Crippen LogP) is 1.44. The van der Waals surface area contributed by atoms with E-state index in [4.69, 9.17) is 4.74 Å². The second-order valence-corrected chi connectivity index (χ2v) is 6.76. The van der Waals surface area contributed by atoms with Crippen LogP contribution in [0.25, 0.3) is 0 Å². The van der Waals surface area contributed by atoms with Crippen LogP contribution >= 0.6 is 0 Å². The van der Waals surface area contributed by atoms with Gasteiger partial charge in [0.15, 0.2) is 0 Å². The lowest BCUT2D eigenvalue weighted by Gasteiger charge is -2.41. The van der Waals surface area contributed by atoms with Crippen molar-refractivity contribution in [1.29, 1.82) is 0 Å². The first kappa shape index (κ1) is 14.5. The smallest absolute Gasteiger partial charge is 0.328 e. The number of ether oxygens (including phenoxy) is 1. The number of piperidine rings is 1. The molecule has 1 spiro atoms. The molecule has 2 saturated heterocycles. The third-order valence-electron chi connectivity index (χ3n) is 5.17. The van der Waals surface area contributed by atoms with Gasteiger partial charge in [-0.25, -0.2) is 4.79 Å². The summed E-state index contributed by atoms with van der Waals surface area (Å²) in [6, 6.07) is 5.56. The number of hydrogen-bond acceptors (Lipinski definition) is 4. The summed E-state index contributed by atoms with van der Waals surface area (Å²) in [5, 5.41) is 5.78. The van der Waals surface area contributed by atoms with Crippen molar-refractivity contribution in [3.8, 4) is 5.75 Å². The number of benzene rings is 1. The second-order valence-electron chi connectivity index (χ2n) is 6.76. The van der Waals surface area contributed by atoms with Crippen LogP contribution in [0, 0.1) is 5.41 Å². The van der Waals surface area contributed by atoms with Crippen molar-refractivity contribution in [2.24, 2.45) is 5.41 Å². The Morgan fingerprint density at radius 3 is 2.78 bits per heavy atom. The highest BCUT2D eigenvalue weighted by atomic mass is 16.5. The van der Waals surface area contributed by atoms with Gasteiger partial charge in [0.25, 0.3) is 0 Å². The molecular weight excluding hydrogens is 294 g/mol. The zero-order valence-electron chi connectivity index (χ0n) is 13.1. The van der Waals surface area contributed by atoms with Crippen LogP contribution in [0.2, 0.25) is 0 Å². The highest BCUT2D eigenvalue weighted by Gasteiger charge is 2.37. The first-order valence-electron chi connectivity index (χ1n) is 8.23. The SMILES string of the molecule is O=C1CCN(c2ccc3c(c2)CC2(CCNCC2)CO3)C(=O)N1. The molecule has 3 aliphatic rings. The summed E-state index contributed by atoms with van der Waals surface area (Å²) >= 11 is 0. The fraction of sp³-hybridized carbons (Fsp3) is 0.529. The number of nitrogens with zero attached hydrogens (tertiary/aromatic N) is 1. The Labute approximate surface area is 135 Å². The van der Waals surface area contributed by atoms with Crippen LogP contribution in [-0.4, -0.2) is 38.2 Å². The molecule has 0 bridgehead atoms. The predicted molar refractivity (Wildman–Crippen MR) is 85.7 cm³/mol. The maximum atomic E-state index is 12.0. The maximum absolute atomic E-state index is 12.0. The van der Waals surface area contributed by atoms with Gasteiger partial charge in [-0.05, 0) is 56.1 Å². The molecule has 3 aliphatic heterocycles. The quantitative estimate of drug-likeness (QED) is 0.823. The normalized spacial score (nSPS) is 23.2. The summed E-state index contributed by atoms with van der Waals surface area (Å²) in [5.74, 6) is 0.715. The van der Waals surface area contributed by atoms with Crippen molar-refractivity contribution < 1.29 is 14.3 Å². The van der Waals surface area contributed by atoms with E-state index >= 15 is 0 Å². The molecule has 0 atom stereocenters. The van der Waals surface area contributed by atoms with Crippen LogP contribution in [0.1, 0.15) is 24.8 Å². The number of hydrogen-bond donors (Lipinski definition) is 2. The Balaban J connectivity index is 1.59. The molecule has 0 aromatic heterocycles. The van der Waals surface area contributed by atoms with Crippen LogP contribution in [0.3, 0.4) is 0 Å². The van der Waals surface area contributed by atoms with Crippen LogP contribution in [0.15, 0.2) is 18.2 Å². The fourth-order valence-electron chi connectivity index (χ4n) is 3.79. The van der Waals surface area contributed by atoms with Crippen molar-refractivity contribution in [3.05, 3.63) is 23.8 Å². The molecule has 6 nitrogen and oxygen atoms in total. The van der Waals surface area contributed by atoms with E-state index in [1.807, 2.05) is 18.2 Å². The summed E-state index contributed by atoms with van der Waals surface area (Å²) in [7, 11) is 0. The van der Waals surface area contributed by atoms with Crippen molar-refractivity contribution in [2.45, 2.75) is 25.7 Å². The summed E-state index contributed by atoms with van der Waals surface area (Å²) < 4.78 is 6.00. The van der Waals surface area contributed by atoms with E-state index in [1.165, 1.54) is 5.56 Å². The monoisotopic (exact) mass is 315 g/mol. The maximum Gasteiger partial charge on any atom is 0.328 e. The van der Waals surface area contributed by atoms with E-state index < -0.39 is 0 Å². The Morgan fingerprint density at radius 2 is 2.00 bits per heavy atom. The lowest BCUT2D eigenvalue weighted by atomic mass is 9.73. The lowest BCUT2D eigenvalue weighted by molar-refractivity contribution is -0.120. The molecule has 1 aromatic carbocycles. The Hall–Kier alpha value is -2.08. The van der Waals surface area contributed by atoms with Crippen LogP contribution in [-0.2, 0) is 11.2 Å². The first-order valence-corrected chi connectivity index (χ1v) is 8.23. The van der Waals surface area contributed by atoms with E-state index in [0.717, 1.165) is 50.4 Å². The molecule has 6 heteroatoms. The Kier molecular flexibility index (Phi) is 3.49. The molecule has 23 heavy (non-hydrogen) atoms. The van der Waals surface area contributed by atoms with Crippen molar-refractivity contribution in [2.75, 3.05) is 31.1 Å². The first-order chi connectivity index (χ1) is 11.2. The summed E-state index contributed by atoms with van der Waals surface area (Å²) in [6.45, 7) is 3.28. The van der Waals surface area contributed by atoms with Crippen LogP contribution in [0.5, 0.6) is 5.75 Å². The van der Waals surface area contributed by atoms with Gasteiger partial charge in [-0.2, -0.15) is 0 Å². The molecule has 3 amide bonds. The van der Waals surface area contributed by atoms with Gasteiger partial charge in [-0.3, -0.25) is 15.0 Å². The van der Waals surface area contributed by atoms with Gasteiger partial charge >= 0.3 is 6.03 Å². The summed E-state index contributed by atoms with van der Waals surface area (Å²) in [5.41, 5.74) is 2.22. The standard InChI is InChI=1S/C17H21N3O3/c21-15-3-8-20(16(22)19-15)13-1-2-14-12(9-13)10-17(11-23-14)4-6-18-7-5-17/h1-2,9,18H,3-8,10-11H2,(H,19,21,22). The highest BCUT2D eigenvalue weighted by molar-refractivity contribution is 6.05. The number of amides is 3. The zero-order valence-corrected chi connectivity index (χ0v) is 13.1. The number of urea groups is 1. The largest absolute Gasteiger partial charge is 0.493 e. The van der Waals surface area contributed by atoms with Gasteiger partial charge in [0.05, 0.1) is 6.61 Å². The van der Waals surface area contributed by atoms with Gasteiger partial charge in [-0.15, -0.1) is 0 Å². The molecule has 122 valence electrons. The highest BCUT2D eigenvalue weighted by Crippen LogP contribution is 2.41. The Morgan fingerprint density at radius 1 is 1.17 bits per heavy atom. The topological polar surface area (TPSA) is 70.7 Å². The summed E-state index contributed by atoms with van der Waals surface area (Å²) in [6.07, 6.45) is 3.58. The number of anilines is 1. The third-order valence-corrected chi connectivity index (χ3v) is 5.17. The average molecular weight is 315 g/mol. The zero-order chi connectivity index (χ0) is 15.9. The molecule has 0 aliphatic carbocycles. The second kappa shape index (κ2) is 5.53. The molecule has 3 heterocycles. The molecular formula is C17H21N3O3. The molecule has 0 unspecified atom stereocenters. The number of carbonyl (C=O) groups excluding carboxylic acids is 2. The molecule has 2 fully saturated rings. The molecule has 4 rings (SSSR count). The molecule has 1 aromatic rings. The van der Waals surface area contributed by atoms with Gasteiger partial charge in [0, 0.05) is 24.1 Å². The van der Waals surface area contributed by atoms with E-state index in [1.54, 1.807) is 4.90 Å². The van der Waals surface area contributed by atoms with E-state index in [9.17, 15) is 9.59 Å². The number of imide groups is 1. The minimum atomic E-state index is -0.338. The lowest BCUT2D eigenvalue weighted by Crippen LogP contribution is -2.49. The van der Waals surface area contributed by atoms with Gasteiger partial charge in [0.1, 0.15) is 5.75 Å². The van der Waals surface area contributed by atoms with Crippen LogP contribution < -0.4 is 20.3 Å². The number of carbonyl (C=O) groups is 2. The molecule has 0 saturated carbocycles. The van der Waals surface area contributed by atoms with Crippen molar-refractivity contribution in [3.63, 3.8) is 0 Å². The van der Waals surface area contributed by atoms with Gasteiger partial charge in [-0.1, -0.05) is 0 Å². The fourth-order valence-corrected chi connectivity index (χ4v) is 3.79. The van der Waals surface area contributed by atoms with Crippen LogP contribution in [0.4, 0.5) is 10.5 Å². The molecule has 0 radical (unpaired) electrons.